The van der Waals surface area contributed by atoms with Crippen LogP contribution in [0.25, 0.3) is 0 Å². The van der Waals surface area contributed by atoms with Gasteiger partial charge in [-0.25, -0.2) is 4.79 Å². The van der Waals surface area contributed by atoms with Crippen molar-refractivity contribution in [1.82, 2.24) is 0 Å². The Labute approximate surface area is 128 Å². The number of hydrogen-bond acceptors (Lipinski definition) is 2. The van der Waals surface area contributed by atoms with Gasteiger partial charge in [-0.2, -0.15) is 0 Å². The highest BCUT2D eigenvalue weighted by Crippen LogP contribution is 2.36. The number of carboxylic acids is 1. The van der Waals surface area contributed by atoms with Crippen LogP contribution in [0.4, 0.5) is 0 Å². The summed E-state index contributed by atoms with van der Waals surface area (Å²) in [6.45, 7) is 6.64. The monoisotopic (exact) mass is 294 g/mol. The van der Waals surface area contributed by atoms with E-state index in [0.29, 0.717) is 0 Å². The Hall–Kier alpha value is -1.25. The van der Waals surface area contributed by atoms with Gasteiger partial charge >= 0.3 is 5.97 Å². The van der Waals surface area contributed by atoms with Gasteiger partial charge in [0.1, 0.15) is 5.76 Å². The minimum Gasteiger partial charge on any atom is -0.475 e. The van der Waals surface area contributed by atoms with Crippen molar-refractivity contribution in [2.75, 3.05) is 0 Å². The van der Waals surface area contributed by atoms with Gasteiger partial charge in [-0.1, -0.05) is 65.7 Å². The topological polar surface area (TPSA) is 50.4 Å². The fraction of sp³-hybridized carbons (Fsp3) is 0.722. The molecule has 1 unspecified atom stereocenters. The molecule has 1 N–H and O–H groups in total. The van der Waals surface area contributed by atoms with E-state index in [0.717, 1.165) is 18.6 Å². The molecule has 1 aromatic heterocycles. The molecule has 3 heteroatoms. The first-order valence-corrected chi connectivity index (χ1v) is 8.37. The Morgan fingerprint density at radius 1 is 1.05 bits per heavy atom. The molecule has 0 bridgehead atoms. The highest BCUT2D eigenvalue weighted by atomic mass is 16.4. The minimum absolute atomic E-state index is 0.0311. The van der Waals surface area contributed by atoms with E-state index in [-0.39, 0.29) is 11.2 Å². The number of aromatic carboxylic acids is 1. The van der Waals surface area contributed by atoms with Gasteiger partial charge in [-0.15, -0.1) is 0 Å². The summed E-state index contributed by atoms with van der Waals surface area (Å²) in [5, 5.41) is 9.03. The van der Waals surface area contributed by atoms with Gasteiger partial charge < -0.3 is 9.52 Å². The molecule has 0 aliphatic heterocycles. The van der Waals surface area contributed by atoms with Gasteiger partial charge in [-0.05, 0) is 25.0 Å². The summed E-state index contributed by atoms with van der Waals surface area (Å²) in [5.74, 6) is -0.0871. The van der Waals surface area contributed by atoms with E-state index in [4.69, 9.17) is 9.52 Å². The molecule has 0 aliphatic carbocycles. The van der Waals surface area contributed by atoms with Crippen LogP contribution in [0.5, 0.6) is 0 Å². The summed E-state index contributed by atoms with van der Waals surface area (Å²) in [6, 6.07) is 3.44. The van der Waals surface area contributed by atoms with Crippen LogP contribution in [-0.4, -0.2) is 11.1 Å². The lowest BCUT2D eigenvalue weighted by Crippen LogP contribution is -2.21. The molecule has 0 radical (unpaired) electrons. The molecule has 1 atom stereocenters. The predicted molar refractivity (Wildman–Crippen MR) is 85.9 cm³/mol. The summed E-state index contributed by atoms with van der Waals surface area (Å²) in [5.41, 5.74) is -0.0311. The molecule has 21 heavy (non-hydrogen) atoms. The second-order valence-electron chi connectivity index (χ2n) is 6.30. The van der Waals surface area contributed by atoms with E-state index < -0.39 is 5.97 Å². The molecule has 0 saturated carbocycles. The SMILES string of the molecule is CCCCCCC(C)(CCCCC)c1ccc(C(=O)O)o1. The van der Waals surface area contributed by atoms with Crippen molar-refractivity contribution in [1.29, 1.82) is 0 Å². The van der Waals surface area contributed by atoms with Gasteiger partial charge in [0.05, 0.1) is 0 Å². The molecule has 0 aliphatic rings. The van der Waals surface area contributed by atoms with E-state index in [2.05, 4.69) is 20.8 Å². The summed E-state index contributed by atoms with van der Waals surface area (Å²) in [7, 11) is 0. The Morgan fingerprint density at radius 3 is 2.14 bits per heavy atom. The number of carboxylic acid groups (broad SMARTS) is 1. The van der Waals surface area contributed by atoms with E-state index in [1.807, 2.05) is 6.07 Å². The van der Waals surface area contributed by atoms with Gasteiger partial charge in [0.25, 0.3) is 0 Å². The van der Waals surface area contributed by atoms with E-state index >= 15 is 0 Å². The number of hydrogen-bond donors (Lipinski definition) is 1. The molecule has 1 heterocycles. The predicted octanol–water partition coefficient (Wildman–Crippen LogP) is 5.79. The highest BCUT2D eigenvalue weighted by molar-refractivity contribution is 5.84. The number of unbranched alkanes of at least 4 members (excludes halogenated alkanes) is 5. The van der Waals surface area contributed by atoms with Gasteiger partial charge in [0.15, 0.2) is 0 Å². The van der Waals surface area contributed by atoms with Crippen LogP contribution in [0.1, 0.15) is 94.9 Å². The summed E-state index contributed by atoms with van der Waals surface area (Å²) in [4.78, 5) is 11.0. The molecule has 0 saturated heterocycles. The molecule has 0 aromatic carbocycles. The summed E-state index contributed by atoms with van der Waals surface area (Å²) >= 11 is 0. The van der Waals surface area contributed by atoms with Crippen LogP contribution in [0.2, 0.25) is 0 Å². The Kier molecular flexibility index (Phi) is 7.55. The maximum Gasteiger partial charge on any atom is 0.371 e. The standard InChI is InChI=1S/C18H30O3/c1-4-6-8-10-14-18(3,13-9-7-5-2)16-12-11-15(21-16)17(19)20/h11-12H,4-10,13-14H2,1-3H3,(H,19,20). The normalized spacial score (nSPS) is 14.0. The van der Waals surface area contributed by atoms with Crippen LogP contribution < -0.4 is 0 Å². The highest BCUT2D eigenvalue weighted by Gasteiger charge is 2.29. The average Bonchev–Trinajstić information content (AvgIpc) is 2.95. The fourth-order valence-electron chi connectivity index (χ4n) is 2.86. The first kappa shape index (κ1) is 17.8. The van der Waals surface area contributed by atoms with Crippen LogP contribution in [0.15, 0.2) is 16.5 Å². The third-order valence-corrected chi connectivity index (χ3v) is 4.33. The molecule has 1 rings (SSSR count). The number of carbonyl (C=O) groups is 1. The first-order valence-electron chi connectivity index (χ1n) is 8.37. The van der Waals surface area contributed by atoms with Crippen molar-refractivity contribution in [2.45, 2.75) is 84.0 Å². The van der Waals surface area contributed by atoms with Crippen molar-refractivity contribution in [2.24, 2.45) is 0 Å². The minimum atomic E-state index is -0.983. The zero-order chi connectivity index (χ0) is 15.7. The summed E-state index contributed by atoms with van der Waals surface area (Å²) in [6.07, 6.45) is 10.7. The molecule has 0 spiro atoms. The molecule has 0 fully saturated rings. The smallest absolute Gasteiger partial charge is 0.371 e. The van der Waals surface area contributed by atoms with Crippen LogP contribution >= 0.6 is 0 Å². The average molecular weight is 294 g/mol. The number of furan rings is 1. The Bertz CT molecular complexity index is 422. The Balaban J connectivity index is 2.75. The van der Waals surface area contributed by atoms with Gasteiger partial charge in [-0.3, -0.25) is 0 Å². The lowest BCUT2D eigenvalue weighted by Gasteiger charge is -2.27. The maximum atomic E-state index is 11.0. The lowest BCUT2D eigenvalue weighted by molar-refractivity contribution is 0.0657. The van der Waals surface area contributed by atoms with E-state index in [9.17, 15) is 4.79 Å². The second kappa shape index (κ2) is 8.91. The quantitative estimate of drug-likeness (QED) is 0.526. The van der Waals surface area contributed by atoms with Gasteiger partial charge in [0.2, 0.25) is 5.76 Å². The molecule has 120 valence electrons. The molecule has 1 aromatic rings. The third kappa shape index (κ3) is 5.56. The van der Waals surface area contributed by atoms with Gasteiger partial charge in [0, 0.05) is 5.41 Å². The fourth-order valence-corrected chi connectivity index (χ4v) is 2.86. The van der Waals surface area contributed by atoms with Crippen molar-refractivity contribution < 1.29 is 14.3 Å². The van der Waals surface area contributed by atoms with E-state index in [1.54, 1.807) is 6.07 Å². The maximum absolute atomic E-state index is 11.0. The molecule has 3 nitrogen and oxygen atoms in total. The number of rotatable bonds is 11. The van der Waals surface area contributed by atoms with Crippen LogP contribution in [0, 0.1) is 0 Å². The van der Waals surface area contributed by atoms with Crippen molar-refractivity contribution in [3.63, 3.8) is 0 Å². The Morgan fingerprint density at radius 2 is 1.62 bits per heavy atom. The zero-order valence-corrected chi connectivity index (χ0v) is 13.8. The molecular formula is C18H30O3. The second-order valence-corrected chi connectivity index (χ2v) is 6.30. The first-order chi connectivity index (χ1) is 10.0. The largest absolute Gasteiger partial charge is 0.475 e. The molecule has 0 amide bonds. The van der Waals surface area contributed by atoms with Crippen molar-refractivity contribution in [3.8, 4) is 0 Å². The third-order valence-electron chi connectivity index (χ3n) is 4.33. The zero-order valence-electron chi connectivity index (χ0n) is 13.8. The molecular weight excluding hydrogens is 264 g/mol. The summed E-state index contributed by atoms with van der Waals surface area (Å²) < 4.78 is 5.60. The van der Waals surface area contributed by atoms with Crippen molar-refractivity contribution >= 4 is 5.97 Å². The van der Waals surface area contributed by atoms with E-state index in [1.165, 1.54) is 44.9 Å². The van der Waals surface area contributed by atoms with Crippen LogP contribution in [0.3, 0.4) is 0 Å². The van der Waals surface area contributed by atoms with Crippen molar-refractivity contribution in [3.05, 3.63) is 23.7 Å². The lowest BCUT2D eigenvalue weighted by atomic mass is 9.78. The van der Waals surface area contributed by atoms with Crippen LogP contribution in [-0.2, 0) is 5.41 Å².